The van der Waals surface area contributed by atoms with Crippen molar-refractivity contribution in [3.63, 3.8) is 0 Å². The van der Waals surface area contributed by atoms with Crippen LogP contribution in [0.25, 0.3) is 10.2 Å². The van der Waals surface area contributed by atoms with Crippen molar-refractivity contribution in [1.82, 2.24) is 9.55 Å². The minimum atomic E-state index is 0.121. The number of thioether (sulfide) groups is 1. The van der Waals surface area contributed by atoms with Gasteiger partial charge in [0, 0.05) is 16.7 Å². The van der Waals surface area contributed by atoms with Crippen LogP contribution < -0.4 is 5.56 Å². The van der Waals surface area contributed by atoms with Crippen molar-refractivity contribution in [1.29, 1.82) is 5.26 Å². The Labute approximate surface area is 166 Å². The van der Waals surface area contributed by atoms with E-state index in [2.05, 4.69) is 13.0 Å². The third-order valence-electron chi connectivity index (χ3n) is 5.34. The van der Waals surface area contributed by atoms with Gasteiger partial charge < -0.3 is 0 Å². The Hall–Kier alpha value is -2.10. The van der Waals surface area contributed by atoms with Gasteiger partial charge in [-0.15, -0.1) is 11.3 Å². The quantitative estimate of drug-likeness (QED) is 0.441. The standard InChI is InChI=1S/C21H21N3OS2/c1-13-14(2)27-19-18(13)20(25)24(17-5-3-4-6-17)21(23-19)26-12-16-9-7-15(11-22)8-10-16/h7-10,17H,3-6,12H2,1-2H3. The maximum atomic E-state index is 13.3. The minimum absolute atomic E-state index is 0.121. The molecule has 1 saturated carbocycles. The van der Waals surface area contributed by atoms with Crippen LogP contribution in [0, 0.1) is 25.2 Å². The average Bonchev–Trinajstić information content (AvgIpc) is 3.29. The van der Waals surface area contributed by atoms with E-state index in [1.54, 1.807) is 23.1 Å². The third-order valence-corrected chi connectivity index (χ3v) is 7.47. The maximum absolute atomic E-state index is 13.3. The second kappa shape index (κ2) is 7.49. The van der Waals surface area contributed by atoms with Crippen molar-refractivity contribution in [3.8, 4) is 6.07 Å². The highest BCUT2D eigenvalue weighted by atomic mass is 32.2. The summed E-state index contributed by atoms with van der Waals surface area (Å²) in [6.45, 7) is 4.09. The van der Waals surface area contributed by atoms with Crippen molar-refractivity contribution < 1.29 is 0 Å². The lowest BCUT2D eigenvalue weighted by atomic mass is 10.2. The first-order valence-corrected chi connectivity index (χ1v) is 11.0. The predicted molar refractivity (Wildman–Crippen MR) is 112 cm³/mol. The highest BCUT2D eigenvalue weighted by molar-refractivity contribution is 7.98. The van der Waals surface area contributed by atoms with Gasteiger partial charge in [0.2, 0.25) is 0 Å². The number of aryl methyl sites for hydroxylation is 2. The summed E-state index contributed by atoms with van der Waals surface area (Å²) in [5, 5.41) is 10.6. The van der Waals surface area contributed by atoms with Gasteiger partial charge in [-0.3, -0.25) is 9.36 Å². The summed E-state index contributed by atoms with van der Waals surface area (Å²) in [5.41, 5.74) is 2.99. The topological polar surface area (TPSA) is 58.7 Å². The van der Waals surface area contributed by atoms with Crippen LogP contribution in [0.15, 0.2) is 34.2 Å². The van der Waals surface area contributed by atoms with Gasteiger partial charge in [0.1, 0.15) is 4.83 Å². The highest BCUT2D eigenvalue weighted by Gasteiger charge is 2.24. The fourth-order valence-corrected chi connectivity index (χ4v) is 5.79. The number of nitriles is 1. The van der Waals surface area contributed by atoms with Gasteiger partial charge in [-0.2, -0.15) is 5.26 Å². The van der Waals surface area contributed by atoms with E-state index < -0.39 is 0 Å². The summed E-state index contributed by atoms with van der Waals surface area (Å²) >= 11 is 3.23. The van der Waals surface area contributed by atoms with E-state index in [1.807, 2.05) is 35.8 Å². The summed E-state index contributed by atoms with van der Waals surface area (Å²) in [7, 11) is 0. The number of benzene rings is 1. The first kappa shape index (κ1) is 18.3. The molecule has 4 nitrogen and oxygen atoms in total. The third kappa shape index (κ3) is 3.42. The SMILES string of the molecule is Cc1sc2nc(SCc3ccc(C#N)cc3)n(C3CCCC3)c(=O)c2c1C. The Morgan fingerprint density at radius 3 is 2.63 bits per heavy atom. The van der Waals surface area contributed by atoms with E-state index in [0.717, 1.165) is 45.1 Å². The van der Waals surface area contributed by atoms with E-state index in [1.165, 1.54) is 17.7 Å². The first-order valence-electron chi connectivity index (χ1n) is 9.22. The fraction of sp³-hybridized carbons (Fsp3) is 0.381. The summed E-state index contributed by atoms with van der Waals surface area (Å²) in [4.78, 5) is 20.3. The molecule has 1 fully saturated rings. The number of nitrogens with zero attached hydrogens (tertiary/aromatic N) is 3. The molecule has 1 aliphatic rings. The summed E-state index contributed by atoms with van der Waals surface area (Å²) in [6.07, 6.45) is 4.46. The van der Waals surface area contributed by atoms with Crippen LogP contribution in [0.2, 0.25) is 0 Å². The zero-order chi connectivity index (χ0) is 19.0. The Morgan fingerprint density at radius 2 is 1.96 bits per heavy atom. The Morgan fingerprint density at radius 1 is 1.26 bits per heavy atom. The molecule has 0 radical (unpaired) electrons. The fourth-order valence-electron chi connectivity index (χ4n) is 3.70. The summed E-state index contributed by atoms with van der Waals surface area (Å²) in [6, 6.07) is 10.0. The molecule has 2 aromatic heterocycles. The van der Waals surface area contributed by atoms with Gasteiger partial charge in [0.15, 0.2) is 5.16 Å². The molecular weight excluding hydrogens is 374 g/mol. The van der Waals surface area contributed by atoms with Crippen LogP contribution in [0.1, 0.15) is 53.3 Å². The number of aromatic nitrogens is 2. The lowest BCUT2D eigenvalue weighted by molar-refractivity contribution is 0.458. The van der Waals surface area contributed by atoms with E-state index in [0.29, 0.717) is 5.56 Å². The molecule has 0 saturated heterocycles. The van der Waals surface area contributed by atoms with Crippen LogP contribution >= 0.6 is 23.1 Å². The smallest absolute Gasteiger partial charge is 0.263 e. The lowest BCUT2D eigenvalue weighted by Gasteiger charge is -2.18. The Balaban J connectivity index is 1.74. The molecule has 0 bridgehead atoms. The number of hydrogen-bond acceptors (Lipinski definition) is 5. The van der Waals surface area contributed by atoms with E-state index >= 15 is 0 Å². The normalized spacial score (nSPS) is 14.7. The molecule has 0 amide bonds. The van der Waals surface area contributed by atoms with Crippen LogP contribution in [0.4, 0.5) is 0 Å². The van der Waals surface area contributed by atoms with Crippen molar-refractivity contribution in [3.05, 3.63) is 56.2 Å². The van der Waals surface area contributed by atoms with Gasteiger partial charge in [-0.05, 0) is 49.9 Å². The van der Waals surface area contributed by atoms with Crippen molar-refractivity contribution in [2.24, 2.45) is 0 Å². The molecule has 1 aliphatic carbocycles. The van der Waals surface area contributed by atoms with Crippen LogP contribution in [0.3, 0.4) is 0 Å². The van der Waals surface area contributed by atoms with E-state index in [4.69, 9.17) is 10.2 Å². The Bertz CT molecular complexity index is 1080. The molecule has 3 aromatic rings. The molecule has 0 unspecified atom stereocenters. The van der Waals surface area contributed by atoms with Crippen LogP contribution in [0.5, 0.6) is 0 Å². The molecule has 27 heavy (non-hydrogen) atoms. The van der Waals surface area contributed by atoms with Gasteiger partial charge in [0.05, 0.1) is 17.0 Å². The minimum Gasteiger partial charge on any atom is -0.284 e. The zero-order valence-corrected chi connectivity index (χ0v) is 17.1. The van der Waals surface area contributed by atoms with Crippen LogP contribution in [-0.2, 0) is 5.75 Å². The maximum Gasteiger partial charge on any atom is 0.263 e. The molecule has 1 aromatic carbocycles. The van der Waals surface area contributed by atoms with E-state index in [-0.39, 0.29) is 11.6 Å². The predicted octanol–water partition coefficient (Wildman–Crippen LogP) is 5.35. The second-order valence-corrected chi connectivity index (χ2v) is 9.21. The molecule has 4 rings (SSSR count). The number of rotatable bonds is 4. The molecule has 0 spiro atoms. The van der Waals surface area contributed by atoms with Crippen molar-refractivity contribution in [2.45, 2.75) is 56.5 Å². The Kier molecular flexibility index (Phi) is 5.07. The molecule has 2 heterocycles. The average molecular weight is 396 g/mol. The van der Waals surface area contributed by atoms with Crippen LogP contribution in [-0.4, -0.2) is 9.55 Å². The molecule has 0 N–H and O–H groups in total. The monoisotopic (exact) mass is 395 g/mol. The molecule has 6 heteroatoms. The zero-order valence-electron chi connectivity index (χ0n) is 15.5. The summed E-state index contributed by atoms with van der Waals surface area (Å²) < 4.78 is 1.96. The molecule has 138 valence electrons. The number of fused-ring (bicyclic) bond motifs is 1. The molecular formula is C21H21N3OS2. The first-order chi connectivity index (χ1) is 13.1. The van der Waals surface area contributed by atoms with Gasteiger partial charge in [-0.1, -0.05) is 36.7 Å². The lowest BCUT2D eigenvalue weighted by Crippen LogP contribution is -2.26. The van der Waals surface area contributed by atoms with Gasteiger partial charge in [0.25, 0.3) is 5.56 Å². The molecule has 0 atom stereocenters. The number of thiophene rings is 1. The van der Waals surface area contributed by atoms with Crippen molar-refractivity contribution in [2.75, 3.05) is 0 Å². The van der Waals surface area contributed by atoms with Gasteiger partial charge in [-0.25, -0.2) is 4.98 Å². The number of hydrogen-bond donors (Lipinski definition) is 0. The highest BCUT2D eigenvalue weighted by Crippen LogP contribution is 2.35. The largest absolute Gasteiger partial charge is 0.284 e. The van der Waals surface area contributed by atoms with Gasteiger partial charge >= 0.3 is 0 Å². The summed E-state index contributed by atoms with van der Waals surface area (Å²) in [5.74, 6) is 0.736. The second-order valence-electron chi connectivity index (χ2n) is 7.07. The molecule has 0 aliphatic heterocycles. The van der Waals surface area contributed by atoms with Crippen molar-refractivity contribution >= 4 is 33.3 Å². The van der Waals surface area contributed by atoms with E-state index in [9.17, 15) is 4.79 Å².